The van der Waals surface area contributed by atoms with E-state index in [1.165, 1.54) is 7.11 Å². The van der Waals surface area contributed by atoms with E-state index >= 15 is 0 Å². The fourth-order valence-electron chi connectivity index (χ4n) is 4.75. The van der Waals surface area contributed by atoms with Gasteiger partial charge in [0.1, 0.15) is 0 Å². The first-order chi connectivity index (χ1) is 15.9. The van der Waals surface area contributed by atoms with Gasteiger partial charge in [-0.15, -0.1) is 0 Å². The second-order valence-electron chi connectivity index (χ2n) is 8.17. The van der Waals surface area contributed by atoms with Crippen molar-refractivity contribution in [3.8, 4) is 11.5 Å². The SMILES string of the molecule is COC(=O)C1=C(C)NC2=C(C(=O)C[C@H](c3ccc(OC)c(OC)c3)C2)[C@@H]1c1ccc(Br)cc1. The van der Waals surface area contributed by atoms with Crippen molar-refractivity contribution in [2.24, 2.45) is 0 Å². The van der Waals surface area contributed by atoms with E-state index in [4.69, 9.17) is 14.2 Å². The molecule has 2 aromatic carbocycles. The van der Waals surface area contributed by atoms with Crippen molar-refractivity contribution < 1.29 is 23.8 Å². The first kappa shape index (κ1) is 23.1. The summed E-state index contributed by atoms with van der Waals surface area (Å²) in [5, 5.41) is 3.35. The molecule has 1 aliphatic carbocycles. The number of hydrogen-bond acceptors (Lipinski definition) is 6. The van der Waals surface area contributed by atoms with Crippen LogP contribution in [0.25, 0.3) is 0 Å². The summed E-state index contributed by atoms with van der Waals surface area (Å²) in [4.78, 5) is 26.3. The predicted molar refractivity (Wildman–Crippen MR) is 128 cm³/mol. The fraction of sp³-hybridized carbons (Fsp3) is 0.308. The van der Waals surface area contributed by atoms with Crippen LogP contribution in [-0.4, -0.2) is 33.1 Å². The number of ketones is 1. The highest BCUT2D eigenvalue weighted by molar-refractivity contribution is 9.10. The fourth-order valence-corrected chi connectivity index (χ4v) is 5.01. The minimum Gasteiger partial charge on any atom is -0.493 e. The lowest BCUT2D eigenvalue weighted by atomic mass is 9.71. The molecule has 0 bridgehead atoms. The molecule has 2 aliphatic rings. The summed E-state index contributed by atoms with van der Waals surface area (Å²) in [7, 11) is 4.56. The number of methoxy groups -OCH3 is 3. The molecule has 1 heterocycles. The molecule has 0 aromatic heterocycles. The molecule has 2 aromatic rings. The first-order valence-corrected chi connectivity index (χ1v) is 11.5. The molecule has 1 aliphatic heterocycles. The molecule has 0 saturated heterocycles. The topological polar surface area (TPSA) is 73.9 Å². The minimum atomic E-state index is -0.472. The molecule has 2 atom stereocenters. The third-order valence-corrected chi connectivity index (χ3v) is 6.84. The van der Waals surface area contributed by atoms with Crippen LogP contribution >= 0.6 is 15.9 Å². The molecule has 0 unspecified atom stereocenters. The van der Waals surface area contributed by atoms with Crippen molar-refractivity contribution in [3.63, 3.8) is 0 Å². The summed E-state index contributed by atoms with van der Waals surface area (Å²) in [5.41, 5.74) is 4.55. The Morgan fingerprint density at radius 3 is 2.27 bits per heavy atom. The van der Waals surface area contributed by atoms with Crippen LogP contribution in [0, 0.1) is 0 Å². The van der Waals surface area contributed by atoms with E-state index in [9.17, 15) is 9.59 Å². The van der Waals surface area contributed by atoms with E-state index in [2.05, 4.69) is 21.2 Å². The van der Waals surface area contributed by atoms with E-state index in [1.54, 1.807) is 14.2 Å². The zero-order valence-electron chi connectivity index (χ0n) is 19.0. The van der Waals surface area contributed by atoms with Crippen LogP contribution in [0.15, 0.2) is 69.5 Å². The maximum absolute atomic E-state index is 13.6. The van der Waals surface area contributed by atoms with Crippen LogP contribution < -0.4 is 14.8 Å². The van der Waals surface area contributed by atoms with E-state index in [0.717, 1.165) is 21.3 Å². The van der Waals surface area contributed by atoms with E-state index in [-0.39, 0.29) is 11.7 Å². The Kier molecular flexibility index (Phi) is 6.61. The van der Waals surface area contributed by atoms with Gasteiger partial charge < -0.3 is 19.5 Å². The van der Waals surface area contributed by atoms with E-state index in [1.807, 2.05) is 49.4 Å². The quantitative estimate of drug-likeness (QED) is 0.569. The second kappa shape index (κ2) is 9.43. The number of allylic oxidation sites excluding steroid dienone is 3. The van der Waals surface area contributed by atoms with Gasteiger partial charge in [-0.3, -0.25) is 4.79 Å². The molecule has 0 fully saturated rings. The highest BCUT2D eigenvalue weighted by Crippen LogP contribution is 2.46. The molecule has 4 rings (SSSR count). The van der Waals surface area contributed by atoms with Gasteiger partial charge in [-0.05, 0) is 54.7 Å². The summed E-state index contributed by atoms with van der Waals surface area (Å²) >= 11 is 3.46. The average Bonchev–Trinajstić information content (AvgIpc) is 2.82. The Labute approximate surface area is 201 Å². The number of carbonyl (C=O) groups excluding carboxylic acids is 2. The van der Waals surface area contributed by atoms with Gasteiger partial charge in [0.2, 0.25) is 0 Å². The maximum atomic E-state index is 13.6. The minimum absolute atomic E-state index is 0.0124. The molecule has 0 amide bonds. The van der Waals surface area contributed by atoms with Gasteiger partial charge in [-0.2, -0.15) is 0 Å². The number of nitrogens with one attached hydrogen (secondary N) is 1. The molecular formula is C26H26BrNO5. The number of benzene rings is 2. The number of carbonyl (C=O) groups is 2. The number of Topliss-reactive ketones (excluding diaryl/α,β-unsaturated/α-hetero) is 1. The summed E-state index contributed by atoms with van der Waals surface area (Å²) < 4.78 is 16.8. The maximum Gasteiger partial charge on any atom is 0.336 e. The third kappa shape index (κ3) is 4.29. The largest absolute Gasteiger partial charge is 0.493 e. The number of esters is 1. The van der Waals surface area contributed by atoms with Crippen molar-refractivity contribution in [2.45, 2.75) is 31.6 Å². The van der Waals surface area contributed by atoms with Crippen molar-refractivity contribution in [1.29, 1.82) is 0 Å². The van der Waals surface area contributed by atoms with Gasteiger partial charge in [0.25, 0.3) is 0 Å². The Morgan fingerprint density at radius 1 is 0.970 bits per heavy atom. The lowest BCUT2D eigenvalue weighted by Gasteiger charge is -2.36. The number of rotatable bonds is 5. The number of dihydropyridines is 1. The van der Waals surface area contributed by atoms with Crippen LogP contribution in [0.5, 0.6) is 11.5 Å². The number of halogens is 1. The van der Waals surface area contributed by atoms with Crippen molar-refractivity contribution >= 4 is 27.7 Å². The third-order valence-electron chi connectivity index (χ3n) is 6.32. The Bertz CT molecular complexity index is 1170. The van der Waals surface area contributed by atoms with Crippen LogP contribution in [0.4, 0.5) is 0 Å². The van der Waals surface area contributed by atoms with E-state index in [0.29, 0.717) is 41.2 Å². The van der Waals surface area contributed by atoms with Crippen LogP contribution in [-0.2, 0) is 14.3 Å². The van der Waals surface area contributed by atoms with Crippen molar-refractivity contribution in [1.82, 2.24) is 5.32 Å². The Balaban J connectivity index is 1.77. The normalized spacial score (nSPS) is 20.2. The lowest BCUT2D eigenvalue weighted by Crippen LogP contribution is -2.36. The highest BCUT2D eigenvalue weighted by atomic mass is 79.9. The molecule has 6 nitrogen and oxygen atoms in total. The van der Waals surface area contributed by atoms with Crippen LogP contribution in [0.1, 0.15) is 42.7 Å². The highest BCUT2D eigenvalue weighted by Gasteiger charge is 2.41. The molecule has 0 spiro atoms. The Morgan fingerprint density at radius 2 is 1.64 bits per heavy atom. The zero-order chi connectivity index (χ0) is 23.7. The van der Waals surface area contributed by atoms with Crippen molar-refractivity contribution in [2.75, 3.05) is 21.3 Å². The van der Waals surface area contributed by atoms with Gasteiger partial charge in [0, 0.05) is 33.8 Å². The standard InChI is InChI=1S/C26H26BrNO5/c1-14-23(26(30)33-4)24(15-5-8-18(27)9-6-15)25-19(28-14)11-17(12-20(25)29)16-7-10-21(31-2)22(13-16)32-3/h5-10,13,17,24,28H,11-12H2,1-4H3/t17-,24-/m1/s1. The van der Waals surface area contributed by atoms with Crippen molar-refractivity contribution in [3.05, 3.63) is 80.6 Å². The van der Waals surface area contributed by atoms with Gasteiger partial charge in [-0.1, -0.05) is 34.1 Å². The van der Waals surface area contributed by atoms with Gasteiger partial charge >= 0.3 is 5.97 Å². The summed E-state index contributed by atoms with van der Waals surface area (Å²) in [6.07, 6.45) is 0.992. The summed E-state index contributed by atoms with van der Waals surface area (Å²) in [6, 6.07) is 13.5. The van der Waals surface area contributed by atoms with E-state index < -0.39 is 11.9 Å². The molecule has 33 heavy (non-hydrogen) atoms. The second-order valence-corrected chi connectivity index (χ2v) is 9.09. The van der Waals surface area contributed by atoms with Crippen LogP contribution in [0.3, 0.4) is 0 Å². The molecule has 0 saturated carbocycles. The number of hydrogen-bond donors (Lipinski definition) is 1. The summed E-state index contributed by atoms with van der Waals surface area (Å²) in [6.45, 7) is 1.85. The molecular weight excluding hydrogens is 486 g/mol. The lowest BCUT2D eigenvalue weighted by molar-refractivity contribution is -0.136. The molecule has 0 radical (unpaired) electrons. The van der Waals surface area contributed by atoms with Crippen LogP contribution in [0.2, 0.25) is 0 Å². The first-order valence-electron chi connectivity index (χ1n) is 10.7. The monoisotopic (exact) mass is 511 g/mol. The number of ether oxygens (including phenoxy) is 3. The van der Waals surface area contributed by atoms with Gasteiger partial charge in [0.05, 0.1) is 26.9 Å². The Hall–Kier alpha value is -3.06. The van der Waals surface area contributed by atoms with Gasteiger partial charge in [0.15, 0.2) is 17.3 Å². The molecule has 1 N–H and O–H groups in total. The van der Waals surface area contributed by atoms with Gasteiger partial charge in [-0.25, -0.2) is 4.79 Å². The average molecular weight is 512 g/mol. The summed E-state index contributed by atoms with van der Waals surface area (Å²) in [5.74, 6) is 0.383. The smallest absolute Gasteiger partial charge is 0.336 e. The zero-order valence-corrected chi connectivity index (χ0v) is 20.6. The molecule has 172 valence electrons. The molecule has 7 heteroatoms. The predicted octanol–water partition coefficient (Wildman–Crippen LogP) is 5.00.